The van der Waals surface area contributed by atoms with Crippen molar-refractivity contribution in [1.82, 2.24) is 4.90 Å². The number of ether oxygens (including phenoxy) is 1. The Balaban J connectivity index is 1.74. The lowest BCUT2D eigenvalue weighted by Gasteiger charge is -2.36. The maximum absolute atomic E-state index is 12.9. The van der Waals surface area contributed by atoms with Crippen LogP contribution in [0, 0.1) is 0 Å². The maximum Gasteiger partial charge on any atom is 0.258 e. The molecule has 0 bridgehead atoms. The van der Waals surface area contributed by atoms with Gasteiger partial charge in [0.2, 0.25) is 0 Å². The first-order chi connectivity index (χ1) is 12.6. The first kappa shape index (κ1) is 18.6. The van der Waals surface area contributed by atoms with Crippen molar-refractivity contribution in [2.24, 2.45) is 5.73 Å². The Bertz CT molecular complexity index is 770. The second kappa shape index (κ2) is 8.47. The smallest absolute Gasteiger partial charge is 0.258 e. The molecular weight excluding hydrogens is 348 g/mol. The lowest BCUT2D eigenvalue weighted by Crippen LogP contribution is -2.44. The van der Waals surface area contributed by atoms with Crippen molar-refractivity contribution in [3.63, 3.8) is 0 Å². The van der Waals surface area contributed by atoms with Gasteiger partial charge in [-0.1, -0.05) is 12.1 Å². The molecular formula is C20H24N2O3S. The lowest BCUT2D eigenvalue weighted by molar-refractivity contribution is 0.0553. The van der Waals surface area contributed by atoms with Crippen LogP contribution in [0.25, 0.3) is 10.4 Å². The van der Waals surface area contributed by atoms with E-state index in [9.17, 15) is 9.59 Å². The minimum atomic E-state index is -0.416. The monoisotopic (exact) mass is 372 g/mol. The minimum absolute atomic E-state index is 0.0846. The van der Waals surface area contributed by atoms with Gasteiger partial charge in [0.05, 0.1) is 4.88 Å². The van der Waals surface area contributed by atoms with E-state index in [1.54, 1.807) is 13.2 Å². The van der Waals surface area contributed by atoms with Crippen molar-refractivity contribution in [2.45, 2.75) is 31.7 Å². The van der Waals surface area contributed by atoms with Gasteiger partial charge in [0, 0.05) is 36.7 Å². The number of nitrogens with two attached hydrogens (primary N) is 1. The molecule has 1 unspecified atom stereocenters. The third-order valence-corrected chi connectivity index (χ3v) is 5.96. The molecule has 0 radical (unpaired) electrons. The molecule has 1 aliphatic heterocycles. The average Bonchev–Trinajstić information content (AvgIpc) is 3.17. The number of hydrogen-bond acceptors (Lipinski definition) is 4. The number of carbonyl (C=O) groups is 2. The molecule has 1 saturated heterocycles. The predicted octanol–water partition coefficient (Wildman–Crippen LogP) is 3.55. The molecule has 1 fully saturated rings. The van der Waals surface area contributed by atoms with E-state index < -0.39 is 5.91 Å². The SMILES string of the molecule is COCCC1CCCCN1C(=O)c1ccc(-c2ccc(C(N)=O)s2)cc1. The van der Waals surface area contributed by atoms with Gasteiger partial charge in [-0.3, -0.25) is 9.59 Å². The molecule has 2 amide bonds. The number of rotatable bonds is 6. The quantitative estimate of drug-likeness (QED) is 0.843. The van der Waals surface area contributed by atoms with E-state index in [0.29, 0.717) is 17.0 Å². The molecule has 1 aromatic carbocycles. The van der Waals surface area contributed by atoms with Crippen molar-refractivity contribution in [2.75, 3.05) is 20.3 Å². The average molecular weight is 372 g/mol. The van der Waals surface area contributed by atoms with E-state index in [2.05, 4.69) is 0 Å². The number of piperidine rings is 1. The van der Waals surface area contributed by atoms with Gasteiger partial charge >= 0.3 is 0 Å². The summed E-state index contributed by atoms with van der Waals surface area (Å²) in [5, 5.41) is 0. The number of primary amides is 1. The van der Waals surface area contributed by atoms with E-state index in [1.807, 2.05) is 35.2 Å². The number of nitrogens with zero attached hydrogens (tertiary/aromatic N) is 1. The zero-order valence-corrected chi connectivity index (χ0v) is 15.8. The van der Waals surface area contributed by atoms with Gasteiger partial charge in [0.1, 0.15) is 0 Å². The summed E-state index contributed by atoms with van der Waals surface area (Å²) >= 11 is 1.36. The zero-order chi connectivity index (χ0) is 18.5. The Hall–Kier alpha value is -2.18. The predicted molar refractivity (Wildman–Crippen MR) is 103 cm³/mol. The van der Waals surface area contributed by atoms with Crippen LogP contribution in [0.4, 0.5) is 0 Å². The standard InChI is InChI=1S/C20H24N2O3S/c1-25-13-11-16-4-2-3-12-22(16)20(24)15-7-5-14(6-8-15)17-9-10-18(26-17)19(21)23/h5-10,16H,2-4,11-13H2,1H3,(H2,21,23). The van der Waals surface area contributed by atoms with Crippen molar-refractivity contribution < 1.29 is 14.3 Å². The topological polar surface area (TPSA) is 72.6 Å². The van der Waals surface area contributed by atoms with Crippen LogP contribution < -0.4 is 5.73 Å². The normalized spacial score (nSPS) is 17.3. The Morgan fingerprint density at radius 2 is 1.96 bits per heavy atom. The molecule has 0 spiro atoms. The third-order valence-electron chi connectivity index (χ3n) is 4.81. The van der Waals surface area contributed by atoms with Crippen LogP contribution in [0.5, 0.6) is 0 Å². The van der Waals surface area contributed by atoms with E-state index in [1.165, 1.54) is 11.3 Å². The number of benzene rings is 1. The van der Waals surface area contributed by atoms with Crippen LogP contribution in [0.3, 0.4) is 0 Å². The van der Waals surface area contributed by atoms with Crippen LogP contribution >= 0.6 is 11.3 Å². The highest BCUT2D eigenvalue weighted by molar-refractivity contribution is 7.17. The molecule has 2 N–H and O–H groups in total. The molecule has 6 heteroatoms. The summed E-state index contributed by atoms with van der Waals surface area (Å²) in [5.41, 5.74) is 6.99. The number of likely N-dealkylation sites (tertiary alicyclic amines) is 1. The van der Waals surface area contributed by atoms with Crippen LogP contribution in [0.1, 0.15) is 45.7 Å². The summed E-state index contributed by atoms with van der Waals surface area (Å²) in [5.74, 6) is -0.332. The lowest BCUT2D eigenvalue weighted by atomic mass is 9.98. The summed E-state index contributed by atoms with van der Waals surface area (Å²) in [7, 11) is 1.70. The molecule has 0 aliphatic carbocycles. The van der Waals surface area contributed by atoms with E-state index in [4.69, 9.17) is 10.5 Å². The van der Waals surface area contributed by atoms with Gasteiger partial charge in [-0.15, -0.1) is 11.3 Å². The van der Waals surface area contributed by atoms with Crippen molar-refractivity contribution >= 4 is 23.2 Å². The molecule has 2 heterocycles. The Morgan fingerprint density at radius 1 is 1.19 bits per heavy atom. The molecule has 2 aromatic rings. The van der Waals surface area contributed by atoms with Gasteiger partial charge in [0.25, 0.3) is 11.8 Å². The Morgan fingerprint density at radius 3 is 2.62 bits per heavy atom. The fourth-order valence-electron chi connectivity index (χ4n) is 3.39. The van der Waals surface area contributed by atoms with Gasteiger partial charge in [0.15, 0.2) is 0 Å². The Labute approximate surface area is 157 Å². The molecule has 138 valence electrons. The number of hydrogen-bond donors (Lipinski definition) is 1. The molecule has 1 atom stereocenters. The minimum Gasteiger partial charge on any atom is -0.385 e. The number of thiophene rings is 1. The van der Waals surface area contributed by atoms with Gasteiger partial charge < -0.3 is 15.4 Å². The summed E-state index contributed by atoms with van der Waals surface area (Å²) in [4.78, 5) is 27.7. The number of carbonyl (C=O) groups excluding carboxylic acids is 2. The number of amides is 2. The van der Waals surface area contributed by atoms with Gasteiger partial charge in [-0.2, -0.15) is 0 Å². The summed E-state index contributed by atoms with van der Waals surface area (Å²) in [6, 6.07) is 11.5. The fraction of sp³-hybridized carbons (Fsp3) is 0.400. The highest BCUT2D eigenvalue weighted by atomic mass is 32.1. The van der Waals surface area contributed by atoms with Crippen LogP contribution in [-0.4, -0.2) is 43.0 Å². The second-order valence-corrected chi connectivity index (χ2v) is 7.62. The molecule has 5 nitrogen and oxygen atoms in total. The zero-order valence-electron chi connectivity index (χ0n) is 14.9. The van der Waals surface area contributed by atoms with Crippen LogP contribution in [-0.2, 0) is 4.74 Å². The van der Waals surface area contributed by atoms with Gasteiger partial charge in [-0.05, 0) is 55.5 Å². The van der Waals surface area contributed by atoms with Gasteiger partial charge in [-0.25, -0.2) is 0 Å². The molecule has 0 saturated carbocycles. The summed E-state index contributed by atoms with van der Waals surface area (Å²) in [6.45, 7) is 1.48. The van der Waals surface area contributed by atoms with Crippen LogP contribution in [0.15, 0.2) is 36.4 Å². The summed E-state index contributed by atoms with van der Waals surface area (Å²) in [6.07, 6.45) is 4.14. The van der Waals surface area contributed by atoms with Crippen molar-refractivity contribution in [3.8, 4) is 10.4 Å². The highest BCUT2D eigenvalue weighted by Crippen LogP contribution is 2.29. The van der Waals surface area contributed by atoms with Crippen LogP contribution in [0.2, 0.25) is 0 Å². The van der Waals surface area contributed by atoms with Crippen molar-refractivity contribution in [3.05, 3.63) is 46.8 Å². The van der Waals surface area contributed by atoms with E-state index in [0.717, 1.165) is 42.7 Å². The Kier molecular flexibility index (Phi) is 6.06. The first-order valence-electron chi connectivity index (χ1n) is 8.90. The van der Waals surface area contributed by atoms with E-state index in [-0.39, 0.29) is 11.9 Å². The van der Waals surface area contributed by atoms with E-state index >= 15 is 0 Å². The summed E-state index contributed by atoms with van der Waals surface area (Å²) < 4.78 is 5.19. The molecule has 1 aliphatic rings. The third kappa shape index (κ3) is 4.14. The fourth-order valence-corrected chi connectivity index (χ4v) is 4.25. The largest absolute Gasteiger partial charge is 0.385 e. The number of methoxy groups -OCH3 is 1. The molecule has 3 rings (SSSR count). The molecule has 1 aromatic heterocycles. The maximum atomic E-state index is 12.9. The second-order valence-electron chi connectivity index (χ2n) is 6.54. The molecule has 26 heavy (non-hydrogen) atoms. The van der Waals surface area contributed by atoms with Crippen molar-refractivity contribution in [1.29, 1.82) is 0 Å². The highest BCUT2D eigenvalue weighted by Gasteiger charge is 2.27. The first-order valence-corrected chi connectivity index (χ1v) is 9.72.